The van der Waals surface area contributed by atoms with Crippen molar-refractivity contribution in [2.24, 2.45) is 4.99 Å². The fraction of sp³-hybridized carbons (Fsp3) is 0.0250. The first kappa shape index (κ1) is 24.7. The topological polar surface area (TPSA) is 34.2 Å². The van der Waals surface area contributed by atoms with Crippen LogP contribution in [0.5, 0.6) is 0 Å². The normalized spacial score (nSPS) is 14.5. The summed E-state index contributed by atoms with van der Waals surface area (Å²) in [6.07, 6.45) is 1.80. The van der Waals surface area contributed by atoms with E-state index in [4.69, 9.17) is 4.99 Å². The second-order valence-corrected chi connectivity index (χ2v) is 11.3. The van der Waals surface area contributed by atoms with Crippen LogP contribution in [0.3, 0.4) is 0 Å². The Bertz CT molecular complexity index is 2300. The predicted octanol–water partition coefficient (Wildman–Crippen LogP) is 9.82. The average molecular weight is 565 g/mol. The minimum Gasteiger partial charge on any atom is -0.332 e. The van der Waals surface area contributed by atoms with Gasteiger partial charge in [0.2, 0.25) is 6.29 Å². The van der Waals surface area contributed by atoms with Crippen molar-refractivity contribution in [2.75, 3.05) is 5.32 Å². The molecule has 44 heavy (non-hydrogen) atoms. The smallest absolute Gasteiger partial charge is 0.202 e. The lowest BCUT2D eigenvalue weighted by atomic mass is 9.95. The van der Waals surface area contributed by atoms with Crippen LogP contribution in [0.4, 0.5) is 5.82 Å². The minimum absolute atomic E-state index is 0.336. The second-order valence-electron chi connectivity index (χ2n) is 11.3. The molecule has 1 aliphatic heterocycles. The Hall–Kier alpha value is -5.87. The number of aliphatic imine (C=N–C) groups is 1. The summed E-state index contributed by atoms with van der Waals surface area (Å²) in [5, 5.41) is 8.79. The van der Waals surface area contributed by atoms with E-state index in [9.17, 15) is 0 Å². The van der Waals surface area contributed by atoms with Crippen molar-refractivity contribution in [1.29, 1.82) is 0 Å². The highest BCUT2D eigenvalue weighted by Gasteiger charge is 2.28. The number of hydrogen-bond donors (Lipinski definition) is 1. The molecule has 1 atom stereocenters. The number of hydrogen-bond acceptors (Lipinski definition) is 2. The molecule has 0 amide bonds. The van der Waals surface area contributed by atoms with Crippen LogP contribution in [0.15, 0.2) is 163 Å². The number of para-hydroxylation sites is 3. The zero-order chi connectivity index (χ0) is 29.0. The highest BCUT2D eigenvalue weighted by atomic mass is 15.3. The lowest BCUT2D eigenvalue weighted by Crippen LogP contribution is -2.25. The molecule has 2 aromatic heterocycles. The Morgan fingerprint density at radius 3 is 1.86 bits per heavy atom. The standard InChI is InChI=1S/C40H28N4/c1-2-13-30(14-3-1)43-26-25-35-38(29-23-21-28(22-24-29)32-18-10-12-27-11-4-5-15-31(27)32)41-40(42-39(35)43)44-36-19-8-6-16-33(36)34-17-7-9-20-37(34)44/h1-26,40,42H. The molecule has 1 N–H and O–H groups in total. The molecule has 0 saturated heterocycles. The number of aromatic nitrogens is 2. The quantitative estimate of drug-likeness (QED) is 0.227. The van der Waals surface area contributed by atoms with Crippen LogP contribution in [0.2, 0.25) is 0 Å². The van der Waals surface area contributed by atoms with Crippen LogP contribution < -0.4 is 5.32 Å². The number of benzene rings is 6. The summed E-state index contributed by atoms with van der Waals surface area (Å²) in [7, 11) is 0. The Morgan fingerprint density at radius 2 is 1.11 bits per heavy atom. The predicted molar refractivity (Wildman–Crippen MR) is 183 cm³/mol. The van der Waals surface area contributed by atoms with Gasteiger partial charge >= 0.3 is 0 Å². The monoisotopic (exact) mass is 564 g/mol. The molecular formula is C40H28N4. The molecule has 0 bridgehead atoms. The van der Waals surface area contributed by atoms with Crippen molar-refractivity contribution in [1.82, 2.24) is 9.13 Å². The molecule has 1 aliphatic rings. The molecule has 3 heterocycles. The molecule has 6 aromatic carbocycles. The summed E-state index contributed by atoms with van der Waals surface area (Å²) < 4.78 is 4.57. The summed E-state index contributed by atoms with van der Waals surface area (Å²) in [6, 6.07) is 53.9. The SMILES string of the molecule is c1ccc(-n2ccc3c2NC(n2c4ccccc4c4ccccc42)N=C3c2ccc(-c3cccc4ccccc34)cc2)cc1. The zero-order valence-electron chi connectivity index (χ0n) is 23.9. The molecule has 208 valence electrons. The van der Waals surface area contributed by atoms with Gasteiger partial charge in [0.25, 0.3) is 0 Å². The van der Waals surface area contributed by atoms with Gasteiger partial charge in [-0.2, -0.15) is 0 Å². The summed E-state index contributed by atoms with van der Waals surface area (Å²) >= 11 is 0. The minimum atomic E-state index is -0.336. The Labute approximate surface area is 255 Å². The third kappa shape index (κ3) is 3.81. The van der Waals surface area contributed by atoms with E-state index in [0.717, 1.165) is 39.4 Å². The molecule has 9 rings (SSSR count). The van der Waals surface area contributed by atoms with Crippen molar-refractivity contribution in [3.63, 3.8) is 0 Å². The highest BCUT2D eigenvalue weighted by Crippen LogP contribution is 2.38. The van der Waals surface area contributed by atoms with E-state index in [1.165, 1.54) is 32.7 Å². The summed E-state index contributed by atoms with van der Waals surface area (Å²) in [5.74, 6) is 1.03. The first-order valence-electron chi connectivity index (χ1n) is 15.0. The van der Waals surface area contributed by atoms with Crippen LogP contribution in [0, 0.1) is 0 Å². The lowest BCUT2D eigenvalue weighted by Gasteiger charge is -2.28. The van der Waals surface area contributed by atoms with Crippen molar-refractivity contribution in [3.8, 4) is 16.8 Å². The average Bonchev–Trinajstić information content (AvgIpc) is 3.68. The largest absolute Gasteiger partial charge is 0.332 e. The molecular weight excluding hydrogens is 536 g/mol. The van der Waals surface area contributed by atoms with Gasteiger partial charge < -0.3 is 14.5 Å². The van der Waals surface area contributed by atoms with Gasteiger partial charge in [0.05, 0.1) is 16.7 Å². The van der Waals surface area contributed by atoms with Crippen LogP contribution in [0.25, 0.3) is 49.4 Å². The third-order valence-corrected chi connectivity index (χ3v) is 8.81. The van der Waals surface area contributed by atoms with E-state index in [0.29, 0.717) is 0 Å². The van der Waals surface area contributed by atoms with Crippen LogP contribution in [0.1, 0.15) is 17.4 Å². The Balaban J connectivity index is 1.23. The number of nitrogens with one attached hydrogen (secondary N) is 1. The molecule has 4 heteroatoms. The van der Waals surface area contributed by atoms with Gasteiger partial charge in [-0.1, -0.05) is 121 Å². The highest BCUT2D eigenvalue weighted by molar-refractivity contribution is 6.17. The summed E-state index contributed by atoms with van der Waals surface area (Å²) in [4.78, 5) is 5.45. The van der Waals surface area contributed by atoms with Gasteiger partial charge in [0.1, 0.15) is 5.82 Å². The van der Waals surface area contributed by atoms with Gasteiger partial charge in [-0.05, 0) is 52.2 Å². The van der Waals surface area contributed by atoms with Gasteiger partial charge in [0.15, 0.2) is 0 Å². The summed E-state index contributed by atoms with van der Waals surface area (Å²) in [6.45, 7) is 0. The van der Waals surface area contributed by atoms with Gasteiger partial charge in [-0.25, -0.2) is 4.99 Å². The zero-order valence-corrected chi connectivity index (χ0v) is 23.9. The maximum atomic E-state index is 5.45. The molecule has 0 radical (unpaired) electrons. The number of nitrogens with zero attached hydrogens (tertiary/aromatic N) is 3. The van der Waals surface area contributed by atoms with Gasteiger partial charge in [0, 0.05) is 33.8 Å². The maximum Gasteiger partial charge on any atom is 0.202 e. The Kier molecular flexibility index (Phi) is 5.53. The van der Waals surface area contributed by atoms with Crippen molar-refractivity contribution >= 4 is 44.1 Å². The molecule has 4 nitrogen and oxygen atoms in total. The second kappa shape index (κ2) is 9.85. The lowest BCUT2D eigenvalue weighted by molar-refractivity contribution is 0.619. The third-order valence-electron chi connectivity index (χ3n) is 8.81. The molecule has 0 fully saturated rings. The fourth-order valence-electron chi connectivity index (χ4n) is 6.77. The van der Waals surface area contributed by atoms with Crippen LogP contribution in [-0.2, 0) is 0 Å². The molecule has 1 unspecified atom stereocenters. The number of rotatable bonds is 4. The molecule has 0 spiro atoms. The number of anilines is 1. The van der Waals surface area contributed by atoms with E-state index in [1.807, 2.05) is 0 Å². The van der Waals surface area contributed by atoms with Crippen LogP contribution in [-0.4, -0.2) is 14.8 Å². The van der Waals surface area contributed by atoms with E-state index < -0.39 is 0 Å². The van der Waals surface area contributed by atoms with Crippen LogP contribution >= 0.6 is 0 Å². The maximum absolute atomic E-state index is 5.45. The van der Waals surface area contributed by atoms with Gasteiger partial charge in [-0.3, -0.25) is 0 Å². The van der Waals surface area contributed by atoms with E-state index >= 15 is 0 Å². The van der Waals surface area contributed by atoms with E-state index in [-0.39, 0.29) is 6.29 Å². The number of fused-ring (bicyclic) bond motifs is 5. The first-order valence-corrected chi connectivity index (χ1v) is 15.0. The molecule has 0 aliphatic carbocycles. The van der Waals surface area contributed by atoms with Gasteiger partial charge in [-0.15, -0.1) is 0 Å². The van der Waals surface area contributed by atoms with E-state index in [2.05, 4.69) is 172 Å². The fourth-order valence-corrected chi connectivity index (χ4v) is 6.77. The summed E-state index contributed by atoms with van der Waals surface area (Å²) in [5.41, 5.74) is 9.00. The Morgan fingerprint density at radius 1 is 0.500 bits per heavy atom. The molecule has 8 aromatic rings. The van der Waals surface area contributed by atoms with Crippen molar-refractivity contribution in [2.45, 2.75) is 6.29 Å². The molecule has 0 saturated carbocycles. The van der Waals surface area contributed by atoms with Crippen molar-refractivity contribution in [3.05, 3.63) is 169 Å². The van der Waals surface area contributed by atoms with E-state index in [1.54, 1.807) is 0 Å². The first-order chi connectivity index (χ1) is 21.8. The van der Waals surface area contributed by atoms with Crippen molar-refractivity contribution < 1.29 is 0 Å².